The molecule has 3 N–H and O–H groups in total. The van der Waals surface area contributed by atoms with Gasteiger partial charge in [0.2, 0.25) is 5.08 Å². The number of aliphatic hydroxyl groups is 1. The highest BCUT2D eigenvalue weighted by atomic mass is 31.2. The second kappa shape index (κ2) is 4.35. The predicted molar refractivity (Wildman–Crippen MR) is 64.8 cm³/mol. The summed E-state index contributed by atoms with van der Waals surface area (Å²) in [7, 11) is -8.00. The van der Waals surface area contributed by atoms with Crippen molar-refractivity contribution in [3.63, 3.8) is 0 Å². The first-order valence-electron chi connectivity index (χ1n) is 5.09. The van der Waals surface area contributed by atoms with Gasteiger partial charge in [-0.25, -0.2) is 0 Å². The molecule has 16 heavy (non-hydrogen) atoms. The minimum Gasteiger partial charge on any atom is -0.373 e. The van der Waals surface area contributed by atoms with E-state index in [2.05, 4.69) is 11.2 Å². The smallest absolute Gasteiger partial charge is 0.373 e. The van der Waals surface area contributed by atoms with Crippen LogP contribution in [-0.4, -0.2) is 31.9 Å². The second-order valence-electron chi connectivity index (χ2n) is 4.16. The normalized spacial score (nSPS) is 28.2. The van der Waals surface area contributed by atoms with Gasteiger partial charge in [0.1, 0.15) is 0 Å². The molecule has 1 aliphatic carbocycles. The van der Waals surface area contributed by atoms with Gasteiger partial charge in [0.25, 0.3) is 0 Å². The molecule has 0 saturated heterocycles. The lowest BCUT2D eigenvalue weighted by Crippen LogP contribution is -2.35. The van der Waals surface area contributed by atoms with Crippen molar-refractivity contribution in [2.24, 2.45) is 4.95 Å². The summed E-state index contributed by atoms with van der Waals surface area (Å²) >= 11 is 0. The number of hydrogen-bond acceptors (Lipinski definition) is 4. The van der Waals surface area contributed by atoms with E-state index in [0.717, 1.165) is 6.42 Å². The first kappa shape index (κ1) is 14.1. The van der Waals surface area contributed by atoms with Gasteiger partial charge < -0.3 is 14.9 Å². The number of hydrogen-bond donors (Lipinski definition) is 3. The van der Waals surface area contributed by atoms with Crippen molar-refractivity contribution >= 4 is 20.9 Å². The Morgan fingerprint density at radius 1 is 1.50 bits per heavy atom. The van der Waals surface area contributed by atoms with Crippen LogP contribution in [0.1, 0.15) is 32.6 Å². The zero-order valence-electron chi connectivity index (χ0n) is 9.11. The average Bonchev–Trinajstić information content (AvgIpc) is 2.12. The van der Waals surface area contributed by atoms with Gasteiger partial charge in [-0.1, -0.05) is 19.6 Å². The van der Waals surface area contributed by atoms with E-state index in [0.29, 0.717) is 12.8 Å². The van der Waals surface area contributed by atoms with E-state index in [4.69, 9.17) is 0 Å². The van der Waals surface area contributed by atoms with Crippen molar-refractivity contribution in [1.82, 2.24) is 0 Å². The summed E-state index contributed by atoms with van der Waals surface area (Å²) in [6.45, 7) is 1.43. The highest BCUT2D eigenvalue weighted by Gasteiger charge is 2.58. The molecular formula is C8H17NO5P2. The summed E-state index contributed by atoms with van der Waals surface area (Å²) in [6.07, 6.45) is 5.54. The van der Waals surface area contributed by atoms with Crippen molar-refractivity contribution in [1.29, 1.82) is 0 Å². The van der Waals surface area contributed by atoms with Crippen molar-refractivity contribution in [3.8, 4) is 0 Å². The SMILES string of the molecule is C=P(O)(C1CCC1)C(O)(CC)P(=O)(O)N=O. The molecule has 0 heterocycles. The molecule has 0 spiro atoms. The summed E-state index contributed by atoms with van der Waals surface area (Å²) in [5.41, 5.74) is -0.264. The Labute approximate surface area is 94.2 Å². The lowest BCUT2D eigenvalue weighted by Gasteiger charge is -2.44. The third kappa shape index (κ3) is 1.83. The van der Waals surface area contributed by atoms with E-state index < -0.39 is 19.7 Å². The van der Waals surface area contributed by atoms with Crippen LogP contribution in [0.5, 0.6) is 0 Å². The molecule has 3 atom stereocenters. The minimum absolute atomic E-state index is 0.212. The van der Waals surface area contributed by atoms with Crippen LogP contribution in [0.2, 0.25) is 0 Å². The van der Waals surface area contributed by atoms with Crippen LogP contribution in [0.15, 0.2) is 4.95 Å². The molecule has 0 aromatic rings. The molecule has 1 rings (SSSR count). The maximum Gasteiger partial charge on any atom is 0.386 e. The molecule has 0 aromatic carbocycles. The third-order valence-electron chi connectivity index (χ3n) is 3.35. The molecular weight excluding hydrogens is 252 g/mol. The standard InChI is InChI=1S/C8H17NO5P2/c1-3-8(10,16(13,14)9-11)15(2,12)7-5-4-6-7/h7,10,12H,2-6H2,1H3,(H,13,14). The molecule has 1 fully saturated rings. The van der Waals surface area contributed by atoms with E-state index in [9.17, 15) is 24.4 Å². The van der Waals surface area contributed by atoms with Crippen molar-refractivity contribution in [3.05, 3.63) is 4.91 Å². The van der Waals surface area contributed by atoms with Crippen molar-refractivity contribution < 1.29 is 19.5 Å². The van der Waals surface area contributed by atoms with E-state index in [1.807, 2.05) is 0 Å². The number of nitroso groups, excluding NO2 is 1. The topological polar surface area (TPSA) is 107 Å². The third-order valence-corrected chi connectivity index (χ3v) is 9.92. The Bertz CT molecular complexity index is 381. The average molecular weight is 269 g/mol. The molecule has 0 aromatic heterocycles. The highest BCUT2D eigenvalue weighted by Crippen LogP contribution is 2.76. The molecule has 6 nitrogen and oxygen atoms in total. The lowest BCUT2D eigenvalue weighted by atomic mass is 10.00. The Hall–Kier alpha value is 0.0100. The van der Waals surface area contributed by atoms with Gasteiger partial charge in [-0.2, -0.15) is 0 Å². The van der Waals surface area contributed by atoms with Crippen molar-refractivity contribution in [2.75, 3.05) is 0 Å². The van der Waals surface area contributed by atoms with Gasteiger partial charge in [-0.05, 0) is 19.3 Å². The Balaban J connectivity index is 3.18. The lowest BCUT2D eigenvalue weighted by molar-refractivity contribution is 0.172. The quantitative estimate of drug-likeness (QED) is 0.522. The zero-order valence-corrected chi connectivity index (χ0v) is 10.9. The fraction of sp³-hybridized carbons (Fsp3) is 0.875. The Morgan fingerprint density at radius 3 is 2.25 bits per heavy atom. The number of nitrogens with zero attached hydrogens (tertiary/aromatic N) is 1. The molecule has 0 aliphatic heterocycles. The summed E-state index contributed by atoms with van der Waals surface area (Å²) in [4.78, 5) is 32.1. The van der Waals surface area contributed by atoms with Crippen LogP contribution in [0, 0.1) is 4.91 Å². The van der Waals surface area contributed by atoms with Crippen LogP contribution in [0.25, 0.3) is 0 Å². The molecule has 3 unspecified atom stereocenters. The summed E-state index contributed by atoms with van der Waals surface area (Å²) in [5.74, 6) is 0. The molecule has 8 heteroatoms. The maximum atomic E-state index is 11.6. The number of rotatable bonds is 5. The molecule has 0 radical (unpaired) electrons. The molecule has 1 aliphatic rings. The van der Waals surface area contributed by atoms with Gasteiger partial charge in [-0.3, -0.25) is 4.57 Å². The fourth-order valence-electron chi connectivity index (χ4n) is 1.88. The van der Waals surface area contributed by atoms with E-state index >= 15 is 0 Å². The highest BCUT2D eigenvalue weighted by molar-refractivity contribution is 7.82. The Kier molecular flexibility index (Phi) is 3.83. The van der Waals surface area contributed by atoms with Crippen LogP contribution in [0.3, 0.4) is 0 Å². The van der Waals surface area contributed by atoms with E-state index in [1.165, 1.54) is 6.92 Å². The fourth-order valence-corrected chi connectivity index (χ4v) is 7.18. The Morgan fingerprint density at radius 2 is 2.00 bits per heavy atom. The predicted octanol–water partition coefficient (Wildman–Crippen LogP) is 1.90. The summed E-state index contributed by atoms with van der Waals surface area (Å²) in [6, 6.07) is 0. The molecule has 0 bridgehead atoms. The van der Waals surface area contributed by atoms with Crippen molar-refractivity contribution in [2.45, 2.75) is 43.3 Å². The first-order valence-corrected chi connectivity index (χ1v) is 8.70. The molecule has 94 valence electrons. The monoisotopic (exact) mass is 269 g/mol. The van der Waals surface area contributed by atoms with E-state index in [-0.39, 0.29) is 12.1 Å². The van der Waals surface area contributed by atoms with Gasteiger partial charge in [0.15, 0.2) is 0 Å². The first-order chi connectivity index (χ1) is 7.23. The summed E-state index contributed by atoms with van der Waals surface area (Å²) < 4.78 is 11.6. The largest absolute Gasteiger partial charge is 0.386 e. The maximum absolute atomic E-state index is 11.6. The van der Waals surface area contributed by atoms with Crippen LogP contribution in [0.4, 0.5) is 0 Å². The minimum atomic E-state index is -4.69. The van der Waals surface area contributed by atoms with Gasteiger partial charge >= 0.3 is 7.52 Å². The van der Waals surface area contributed by atoms with E-state index in [1.54, 1.807) is 0 Å². The van der Waals surface area contributed by atoms with Crippen LogP contribution in [-0.2, 0) is 4.57 Å². The van der Waals surface area contributed by atoms with Crippen LogP contribution < -0.4 is 0 Å². The zero-order chi connectivity index (χ0) is 12.6. The van der Waals surface area contributed by atoms with Crippen LogP contribution >= 0.6 is 14.6 Å². The molecule has 1 saturated carbocycles. The summed E-state index contributed by atoms with van der Waals surface area (Å²) in [5, 5.41) is 7.79. The van der Waals surface area contributed by atoms with Gasteiger partial charge in [-0.15, -0.1) is 4.91 Å². The molecule has 0 amide bonds. The second-order valence-corrected chi connectivity index (χ2v) is 9.63. The van der Waals surface area contributed by atoms with Gasteiger partial charge in [0.05, 0.1) is 0 Å². The van der Waals surface area contributed by atoms with Gasteiger partial charge in [0, 0.05) is 17.7 Å².